The van der Waals surface area contributed by atoms with Crippen molar-refractivity contribution in [2.24, 2.45) is 0 Å². The Morgan fingerprint density at radius 1 is 1.32 bits per heavy atom. The van der Waals surface area contributed by atoms with Gasteiger partial charge in [-0.25, -0.2) is 0 Å². The van der Waals surface area contributed by atoms with Crippen LogP contribution in [0, 0.1) is 11.3 Å². The fourth-order valence-electron chi connectivity index (χ4n) is 2.42. The minimum atomic E-state index is -0.843. The van der Waals surface area contributed by atoms with Gasteiger partial charge in [-0.3, -0.25) is 9.78 Å². The maximum atomic E-state index is 12.5. The molecule has 2 aromatic rings. The highest BCUT2D eigenvalue weighted by Gasteiger charge is 2.37. The van der Waals surface area contributed by atoms with Gasteiger partial charge in [0.15, 0.2) is 0 Å². The smallest absolute Gasteiger partial charge is 0.316 e. The van der Waals surface area contributed by atoms with Gasteiger partial charge in [0.2, 0.25) is 0 Å². The molecule has 1 heterocycles. The lowest BCUT2D eigenvalue weighted by Crippen LogP contribution is -2.36. The monoisotopic (exact) mass is 294 g/mol. The zero-order chi connectivity index (χ0) is 16.0. The number of pyridine rings is 1. The van der Waals surface area contributed by atoms with E-state index in [1.807, 2.05) is 25.1 Å². The average molecular weight is 294 g/mol. The Bertz CT molecular complexity index is 692. The van der Waals surface area contributed by atoms with Crippen molar-refractivity contribution in [3.05, 3.63) is 65.5 Å². The lowest BCUT2D eigenvalue weighted by Gasteiger charge is -2.28. The number of carbonyl (C=O) groups is 1. The molecule has 0 bridgehead atoms. The number of nitrogens with zero attached hydrogens (tertiary/aromatic N) is 2. The summed E-state index contributed by atoms with van der Waals surface area (Å²) in [5, 5.41) is 9.09. The molecule has 4 heteroatoms. The first-order valence-electron chi connectivity index (χ1n) is 7.17. The van der Waals surface area contributed by atoms with Gasteiger partial charge in [0, 0.05) is 12.4 Å². The molecule has 0 aliphatic heterocycles. The van der Waals surface area contributed by atoms with E-state index in [1.54, 1.807) is 37.5 Å². The molecule has 2 rings (SSSR count). The molecule has 4 nitrogen and oxygen atoms in total. The van der Waals surface area contributed by atoms with Gasteiger partial charge >= 0.3 is 5.97 Å². The molecule has 0 saturated carbocycles. The third-order valence-electron chi connectivity index (χ3n) is 3.66. The Balaban J connectivity index is 2.45. The summed E-state index contributed by atoms with van der Waals surface area (Å²) in [4.78, 5) is 16.5. The number of ether oxygens (including phenoxy) is 1. The molecule has 0 spiro atoms. The van der Waals surface area contributed by atoms with Crippen LogP contribution in [-0.2, 0) is 21.4 Å². The summed E-state index contributed by atoms with van der Waals surface area (Å²) in [6.45, 7) is 3.96. The molecule has 22 heavy (non-hydrogen) atoms. The number of rotatable bonds is 5. The Kier molecular flexibility index (Phi) is 4.90. The predicted molar refractivity (Wildman–Crippen MR) is 83.1 cm³/mol. The Morgan fingerprint density at radius 3 is 2.68 bits per heavy atom. The number of carbonyl (C=O) groups excluding carboxylic acids is 1. The average Bonchev–Trinajstić information content (AvgIpc) is 2.56. The van der Waals surface area contributed by atoms with Crippen molar-refractivity contribution >= 4 is 5.97 Å². The van der Waals surface area contributed by atoms with Crippen molar-refractivity contribution in [1.82, 2.24) is 4.98 Å². The van der Waals surface area contributed by atoms with E-state index in [2.05, 4.69) is 11.1 Å². The normalized spacial score (nSPS) is 13.0. The molecule has 1 atom stereocenters. The predicted octanol–water partition coefficient (Wildman–Crippen LogP) is 3.02. The first-order chi connectivity index (χ1) is 10.6. The van der Waals surface area contributed by atoms with Crippen LogP contribution >= 0.6 is 0 Å². The van der Waals surface area contributed by atoms with Crippen LogP contribution < -0.4 is 0 Å². The highest BCUT2D eigenvalue weighted by atomic mass is 16.5. The molecule has 0 fully saturated rings. The summed E-state index contributed by atoms with van der Waals surface area (Å²) in [5.74, 6) is -0.290. The number of nitriles is 1. The third-order valence-corrected chi connectivity index (χ3v) is 3.66. The van der Waals surface area contributed by atoms with Crippen LogP contribution in [0.15, 0.2) is 48.8 Å². The van der Waals surface area contributed by atoms with Crippen molar-refractivity contribution in [1.29, 1.82) is 5.26 Å². The summed E-state index contributed by atoms with van der Waals surface area (Å²) < 4.78 is 5.27. The van der Waals surface area contributed by atoms with E-state index in [4.69, 9.17) is 10.00 Å². The van der Waals surface area contributed by atoms with Crippen LogP contribution in [0.25, 0.3) is 0 Å². The number of benzene rings is 1. The molecular formula is C18H18N2O2. The van der Waals surface area contributed by atoms with E-state index in [0.29, 0.717) is 18.6 Å². The van der Waals surface area contributed by atoms with Gasteiger partial charge in [-0.1, -0.05) is 12.1 Å². The molecule has 0 aliphatic carbocycles. The molecule has 0 radical (unpaired) electrons. The highest BCUT2D eigenvalue weighted by Crippen LogP contribution is 2.30. The van der Waals surface area contributed by atoms with Gasteiger partial charge in [0.05, 0.1) is 23.7 Å². The number of aromatic nitrogens is 1. The Labute approximate surface area is 130 Å². The van der Waals surface area contributed by atoms with E-state index in [0.717, 1.165) is 11.1 Å². The summed E-state index contributed by atoms with van der Waals surface area (Å²) in [6.07, 6.45) is 3.89. The molecule has 1 unspecified atom stereocenters. The van der Waals surface area contributed by atoms with E-state index >= 15 is 0 Å². The summed E-state index contributed by atoms with van der Waals surface area (Å²) in [7, 11) is 0. The van der Waals surface area contributed by atoms with Crippen LogP contribution in [0.3, 0.4) is 0 Å². The fraction of sp³-hybridized carbons (Fsp3) is 0.278. The molecule has 0 N–H and O–H groups in total. The minimum absolute atomic E-state index is 0.290. The topological polar surface area (TPSA) is 63.0 Å². The molecular weight excluding hydrogens is 276 g/mol. The zero-order valence-corrected chi connectivity index (χ0v) is 12.7. The van der Waals surface area contributed by atoms with E-state index in [-0.39, 0.29) is 5.97 Å². The lowest BCUT2D eigenvalue weighted by atomic mass is 9.77. The second-order valence-corrected chi connectivity index (χ2v) is 5.28. The van der Waals surface area contributed by atoms with Gasteiger partial charge in [-0.15, -0.1) is 0 Å². The van der Waals surface area contributed by atoms with E-state index in [1.165, 1.54) is 0 Å². The fourth-order valence-corrected chi connectivity index (χ4v) is 2.42. The first-order valence-corrected chi connectivity index (χ1v) is 7.17. The van der Waals surface area contributed by atoms with E-state index in [9.17, 15) is 4.79 Å². The number of esters is 1. The second kappa shape index (κ2) is 6.86. The largest absolute Gasteiger partial charge is 0.465 e. The Morgan fingerprint density at radius 2 is 2.05 bits per heavy atom. The quantitative estimate of drug-likeness (QED) is 0.795. The highest BCUT2D eigenvalue weighted by molar-refractivity contribution is 5.83. The lowest BCUT2D eigenvalue weighted by molar-refractivity contribution is -0.149. The summed E-state index contributed by atoms with van der Waals surface area (Å²) in [5.41, 5.74) is 1.46. The minimum Gasteiger partial charge on any atom is -0.465 e. The zero-order valence-electron chi connectivity index (χ0n) is 12.7. The van der Waals surface area contributed by atoms with Crippen LogP contribution in [0.1, 0.15) is 30.5 Å². The number of hydrogen-bond acceptors (Lipinski definition) is 4. The van der Waals surface area contributed by atoms with Crippen molar-refractivity contribution in [3.63, 3.8) is 0 Å². The summed E-state index contributed by atoms with van der Waals surface area (Å²) in [6, 6.07) is 13.0. The summed E-state index contributed by atoms with van der Waals surface area (Å²) >= 11 is 0. The Hall–Kier alpha value is -2.67. The first kappa shape index (κ1) is 15.7. The SMILES string of the molecule is CCOC(=O)C(C)(Cc1ccncc1)c1cccc(C#N)c1. The molecule has 0 amide bonds. The molecule has 1 aromatic heterocycles. The van der Waals surface area contributed by atoms with Gasteiger partial charge in [0.25, 0.3) is 0 Å². The standard InChI is InChI=1S/C18H18N2O2/c1-3-22-17(21)18(2,12-14-7-9-20-10-8-14)16-6-4-5-15(11-16)13-19/h4-11H,3,12H2,1-2H3. The molecule has 0 saturated heterocycles. The molecule has 1 aromatic carbocycles. The van der Waals surface area contributed by atoms with Crippen molar-refractivity contribution < 1.29 is 9.53 Å². The van der Waals surface area contributed by atoms with Gasteiger partial charge in [-0.05, 0) is 55.7 Å². The van der Waals surface area contributed by atoms with Crippen LogP contribution in [0.2, 0.25) is 0 Å². The van der Waals surface area contributed by atoms with Gasteiger partial charge < -0.3 is 4.74 Å². The molecule has 0 aliphatic rings. The van der Waals surface area contributed by atoms with Crippen LogP contribution in [0.5, 0.6) is 0 Å². The van der Waals surface area contributed by atoms with E-state index < -0.39 is 5.41 Å². The van der Waals surface area contributed by atoms with Crippen LogP contribution in [0.4, 0.5) is 0 Å². The van der Waals surface area contributed by atoms with Crippen LogP contribution in [-0.4, -0.2) is 17.6 Å². The second-order valence-electron chi connectivity index (χ2n) is 5.28. The molecule has 112 valence electrons. The maximum Gasteiger partial charge on any atom is 0.316 e. The van der Waals surface area contributed by atoms with Crippen molar-refractivity contribution in [3.8, 4) is 6.07 Å². The number of hydrogen-bond donors (Lipinski definition) is 0. The van der Waals surface area contributed by atoms with Gasteiger partial charge in [-0.2, -0.15) is 5.26 Å². The van der Waals surface area contributed by atoms with Gasteiger partial charge in [0.1, 0.15) is 0 Å². The van der Waals surface area contributed by atoms with Crippen molar-refractivity contribution in [2.75, 3.05) is 6.61 Å². The van der Waals surface area contributed by atoms with Crippen molar-refractivity contribution in [2.45, 2.75) is 25.7 Å². The maximum absolute atomic E-state index is 12.5. The third kappa shape index (κ3) is 3.32.